The fourth-order valence-corrected chi connectivity index (χ4v) is 7.01. The number of hydrogen-bond donors (Lipinski definition) is 0. The molecule has 9 rings (SSSR count). The van der Waals surface area contributed by atoms with E-state index in [1.165, 1.54) is 44.5 Å². The molecule has 0 unspecified atom stereocenters. The lowest BCUT2D eigenvalue weighted by Gasteiger charge is -2.26. The van der Waals surface area contributed by atoms with E-state index in [1.807, 2.05) is 12.1 Å². The van der Waals surface area contributed by atoms with Gasteiger partial charge in [-0.3, -0.25) is 0 Å². The predicted molar refractivity (Wildman–Crippen MR) is 210 cm³/mol. The summed E-state index contributed by atoms with van der Waals surface area (Å²) in [6.07, 6.45) is 0. The zero-order valence-corrected chi connectivity index (χ0v) is 27.4. The first-order valence-electron chi connectivity index (χ1n) is 17.0. The van der Waals surface area contributed by atoms with Crippen molar-refractivity contribution in [2.24, 2.45) is 0 Å². The Labute approximate surface area is 292 Å². The molecule has 0 atom stereocenters. The molecule has 0 aliphatic rings. The van der Waals surface area contributed by atoms with Crippen LogP contribution in [0.1, 0.15) is 0 Å². The molecule has 9 aromatic rings. The second-order valence-corrected chi connectivity index (χ2v) is 12.6. The van der Waals surface area contributed by atoms with E-state index in [0.717, 1.165) is 39.0 Å². The SMILES string of the molecule is c1ccc(-c2cccc(-c3ccc(N(c4ccc(-c5ccccc5-c5ccccc5)cc4)c4ccc5c(c4)oc4ccccc45)cc3)c2)cc1. The van der Waals surface area contributed by atoms with E-state index in [1.54, 1.807) is 0 Å². The summed E-state index contributed by atoms with van der Waals surface area (Å²) in [6.45, 7) is 0. The van der Waals surface area contributed by atoms with Gasteiger partial charge in [-0.1, -0.05) is 146 Å². The van der Waals surface area contributed by atoms with Crippen LogP contribution in [0.5, 0.6) is 0 Å². The molecule has 0 aliphatic heterocycles. The third kappa shape index (κ3) is 5.53. The van der Waals surface area contributed by atoms with Crippen molar-refractivity contribution in [3.8, 4) is 44.5 Å². The minimum absolute atomic E-state index is 0.872. The molecule has 0 saturated carbocycles. The molecule has 0 aliphatic carbocycles. The highest BCUT2D eigenvalue weighted by molar-refractivity contribution is 6.06. The van der Waals surface area contributed by atoms with Crippen LogP contribution in [0.15, 0.2) is 205 Å². The molecule has 0 bridgehead atoms. The molecule has 236 valence electrons. The van der Waals surface area contributed by atoms with Gasteiger partial charge in [0.05, 0.1) is 0 Å². The van der Waals surface area contributed by atoms with E-state index in [9.17, 15) is 0 Å². The number of rotatable bonds is 7. The Bertz CT molecular complexity index is 2570. The summed E-state index contributed by atoms with van der Waals surface area (Å²) in [5.74, 6) is 0. The number of hydrogen-bond acceptors (Lipinski definition) is 2. The molecule has 1 aromatic heterocycles. The maximum atomic E-state index is 6.35. The van der Waals surface area contributed by atoms with Gasteiger partial charge in [-0.05, 0) is 93.0 Å². The maximum absolute atomic E-state index is 6.35. The molecule has 8 aromatic carbocycles. The number of nitrogens with zero attached hydrogens (tertiary/aromatic N) is 1. The average Bonchev–Trinajstić information content (AvgIpc) is 3.57. The lowest BCUT2D eigenvalue weighted by atomic mass is 9.94. The van der Waals surface area contributed by atoms with Crippen molar-refractivity contribution in [1.29, 1.82) is 0 Å². The fraction of sp³-hybridized carbons (Fsp3) is 0. The molecule has 0 saturated heterocycles. The summed E-state index contributed by atoms with van der Waals surface area (Å²) in [4.78, 5) is 2.31. The third-order valence-corrected chi connectivity index (χ3v) is 9.50. The molecule has 2 heteroatoms. The standard InChI is InChI=1S/C48H33NO/c1-3-12-34(13-4-1)38-16-11-17-39(32-38)35-22-26-40(27-23-35)49(42-30-31-46-45-20-9-10-21-47(45)50-48(46)33-42)41-28-24-37(25-29-41)44-19-8-7-18-43(44)36-14-5-2-6-15-36/h1-33H. The van der Waals surface area contributed by atoms with Gasteiger partial charge < -0.3 is 9.32 Å². The molecule has 0 fully saturated rings. The van der Waals surface area contributed by atoms with Crippen molar-refractivity contribution in [3.05, 3.63) is 200 Å². The number of para-hydroxylation sites is 1. The van der Waals surface area contributed by atoms with E-state index in [2.05, 4.69) is 193 Å². The topological polar surface area (TPSA) is 16.4 Å². The Hall–Kier alpha value is -6.64. The van der Waals surface area contributed by atoms with Crippen molar-refractivity contribution >= 4 is 39.0 Å². The maximum Gasteiger partial charge on any atom is 0.137 e. The van der Waals surface area contributed by atoms with Crippen molar-refractivity contribution in [1.82, 2.24) is 0 Å². The summed E-state index contributed by atoms with van der Waals surface area (Å²) >= 11 is 0. The van der Waals surface area contributed by atoms with Crippen molar-refractivity contribution in [2.45, 2.75) is 0 Å². The third-order valence-electron chi connectivity index (χ3n) is 9.50. The predicted octanol–water partition coefficient (Wildman–Crippen LogP) is 13.7. The van der Waals surface area contributed by atoms with Gasteiger partial charge in [0.2, 0.25) is 0 Å². The molecule has 0 amide bonds. The molecule has 0 N–H and O–H groups in total. The molecule has 2 nitrogen and oxygen atoms in total. The van der Waals surface area contributed by atoms with Crippen LogP contribution >= 0.6 is 0 Å². The number of benzene rings is 8. The first-order valence-corrected chi connectivity index (χ1v) is 17.0. The van der Waals surface area contributed by atoms with Crippen molar-refractivity contribution < 1.29 is 4.42 Å². The highest BCUT2D eigenvalue weighted by Crippen LogP contribution is 2.41. The first-order chi connectivity index (χ1) is 24.8. The van der Waals surface area contributed by atoms with Gasteiger partial charge in [0.25, 0.3) is 0 Å². The minimum atomic E-state index is 0.872. The van der Waals surface area contributed by atoms with Crippen LogP contribution in [0.3, 0.4) is 0 Å². The Morgan fingerprint density at radius 2 is 0.740 bits per heavy atom. The minimum Gasteiger partial charge on any atom is -0.456 e. The highest BCUT2D eigenvalue weighted by atomic mass is 16.3. The Morgan fingerprint density at radius 1 is 0.280 bits per heavy atom. The summed E-state index contributed by atoms with van der Waals surface area (Å²) in [5, 5.41) is 2.25. The van der Waals surface area contributed by atoms with Crippen molar-refractivity contribution in [2.75, 3.05) is 4.90 Å². The summed E-state index contributed by atoms with van der Waals surface area (Å²) in [7, 11) is 0. The van der Waals surface area contributed by atoms with E-state index in [0.29, 0.717) is 0 Å². The molecule has 1 heterocycles. The highest BCUT2D eigenvalue weighted by Gasteiger charge is 2.17. The Balaban J connectivity index is 1.12. The molecule has 50 heavy (non-hydrogen) atoms. The van der Waals surface area contributed by atoms with Gasteiger partial charge in [-0.15, -0.1) is 0 Å². The van der Waals surface area contributed by atoms with E-state index in [-0.39, 0.29) is 0 Å². The number of anilines is 3. The van der Waals surface area contributed by atoms with Crippen molar-refractivity contribution in [3.63, 3.8) is 0 Å². The van der Waals surface area contributed by atoms with Gasteiger partial charge in [-0.2, -0.15) is 0 Å². The monoisotopic (exact) mass is 639 g/mol. The van der Waals surface area contributed by atoms with Crippen LogP contribution < -0.4 is 4.90 Å². The van der Waals surface area contributed by atoms with E-state index < -0.39 is 0 Å². The van der Waals surface area contributed by atoms with E-state index in [4.69, 9.17) is 4.42 Å². The van der Waals surface area contributed by atoms with Gasteiger partial charge in [0, 0.05) is 33.9 Å². The summed E-state index contributed by atoms with van der Waals surface area (Å²) < 4.78 is 6.35. The summed E-state index contributed by atoms with van der Waals surface area (Å²) in [5.41, 5.74) is 14.6. The number of furan rings is 1. The quantitative estimate of drug-likeness (QED) is 0.173. The van der Waals surface area contributed by atoms with Crippen LogP contribution in [0.4, 0.5) is 17.1 Å². The second-order valence-electron chi connectivity index (χ2n) is 12.6. The van der Waals surface area contributed by atoms with Gasteiger partial charge in [0.1, 0.15) is 11.2 Å². The normalized spacial score (nSPS) is 11.2. The lowest BCUT2D eigenvalue weighted by Crippen LogP contribution is -2.09. The summed E-state index contributed by atoms with van der Waals surface area (Å²) in [6, 6.07) is 71.0. The van der Waals surface area contributed by atoms with Crippen LogP contribution in [0, 0.1) is 0 Å². The largest absolute Gasteiger partial charge is 0.456 e. The molecular formula is C48H33NO. The average molecular weight is 640 g/mol. The molecule has 0 radical (unpaired) electrons. The lowest BCUT2D eigenvalue weighted by molar-refractivity contribution is 0.669. The van der Waals surface area contributed by atoms with Crippen LogP contribution in [0.25, 0.3) is 66.4 Å². The second kappa shape index (κ2) is 12.8. The fourth-order valence-electron chi connectivity index (χ4n) is 7.01. The van der Waals surface area contributed by atoms with Gasteiger partial charge in [0.15, 0.2) is 0 Å². The first kappa shape index (κ1) is 29.5. The molecule has 0 spiro atoms. The Kier molecular flexibility index (Phi) is 7.53. The van der Waals surface area contributed by atoms with E-state index >= 15 is 0 Å². The van der Waals surface area contributed by atoms with Crippen LogP contribution in [0.2, 0.25) is 0 Å². The van der Waals surface area contributed by atoms with Gasteiger partial charge in [-0.25, -0.2) is 0 Å². The smallest absolute Gasteiger partial charge is 0.137 e. The zero-order chi connectivity index (χ0) is 33.3. The molecular weight excluding hydrogens is 607 g/mol. The number of fused-ring (bicyclic) bond motifs is 3. The Morgan fingerprint density at radius 3 is 1.40 bits per heavy atom. The van der Waals surface area contributed by atoms with Crippen LogP contribution in [-0.4, -0.2) is 0 Å². The van der Waals surface area contributed by atoms with Gasteiger partial charge >= 0.3 is 0 Å². The zero-order valence-electron chi connectivity index (χ0n) is 27.4. The van der Waals surface area contributed by atoms with Crippen LogP contribution in [-0.2, 0) is 0 Å².